The third-order valence-electron chi connectivity index (χ3n) is 5.91. The Morgan fingerprint density at radius 1 is 1.32 bits per heavy atom. The fourth-order valence-corrected chi connectivity index (χ4v) is 4.24. The first-order valence-corrected chi connectivity index (χ1v) is 12.2. The van der Waals surface area contributed by atoms with Gasteiger partial charge in [-0.3, -0.25) is 9.78 Å². The molecule has 3 rings (SSSR count). The average molecular weight is 526 g/mol. The molecule has 0 fully saturated rings. The van der Waals surface area contributed by atoms with E-state index in [1.807, 2.05) is 26.8 Å². The van der Waals surface area contributed by atoms with Gasteiger partial charge in [-0.05, 0) is 57.0 Å². The largest absolute Gasteiger partial charge is 0.493 e. The van der Waals surface area contributed by atoms with Crippen LogP contribution in [0, 0.1) is 12.3 Å². The molecule has 1 atom stereocenters. The van der Waals surface area contributed by atoms with Gasteiger partial charge in [-0.2, -0.15) is 0 Å². The number of halogens is 1. The van der Waals surface area contributed by atoms with E-state index in [9.17, 15) is 9.90 Å². The molecule has 3 aromatic rings. The first-order valence-electron chi connectivity index (χ1n) is 11.8. The lowest BCUT2D eigenvalue weighted by molar-refractivity contribution is 0.0761. The van der Waals surface area contributed by atoms with E-state index in [4.69, 9.17) is 27.5 Å². The highest BCUT2D eigenvalue weighted by Crippen LogP contribution is 2.43. The van der Waals surface area contributed by atoms with Crippen LogP contribution in [-0.2, 0) is 0 Å². The molecule has 0 spiro atoms. The quantitative estimate of drug-likeness (QED) is 0.289. The Kier molecular flexibility index (Phi) is 9.01. The van der Waals surface area contributed by atoms with Gasteiger partial charge in [0, 0.05) is 41.7 Å². The molecule has 196 valence electrons. The number of aliphatic hydroxyl groups is 1. The van der Waals surface area contributed by atoms with Crippen LogP contribution in [0.5, 0.6) is 5.75 Å². The van der Waals surface area contributed by atoms with Crippen LogP contribution in [-0.4, -0.2) is 63.4 Å². The van der Waals surface area contributed by atoms with Crippen LogP contribution in [0.1, 0.15) is 54.0 Å². The molecule has 11 heteroatoms. The Morgan fingerprint density at radius 2 is 2.05 bits per heavy atom. The number of amides is 1. The number of pyridine rings is 1. The summed E-state index contributed by atoms with van der Waals surface area (Å²) in [6, 6.07) is 4.99. The second-order valence-electron chi connectivity index (χ2n) is 8.56. The summed E-state index contributed by atoms with van der Waals surface area (Å²) in [4.78, 5) is 26.8. The van der Waals surface area contributed by atoms with Gasteiger partial charge in [-0.25, -0.2) is 9.97 Å². The van der Waals surface area contributed by atoms with E-state index in [2.05, 4.69) is 20.3 Å². The highest BCUT2D eigenvalue weighted by molar-refractivity contribution is 6.32. The van der Waals surface area contributed by atoms with Crippen molar-refractivity contribution in [1.29, 1.82) is 5.41 Å². The van der Waals surface area contributed by atoms with Crippen molar-refractivity contribution in [1.82, 2.24) is 19.9 Å². The third kappa shape index (κ3) is 5.98. The zero-order valence-electron chi connectivity index (χ0n) is 21.6. The van der Waals surface area contributed by atoms with Gasteiger partial charge >= 0.3 is 0 Å². The topological polar surface area (TPSA) is 150 Å². The van der Waals surface area contributed by atoms with Crippen LogP contribution in [0.15, 0.2) is 30.7 Å². The minimum atomic E-state index is -0.343. The smallest absolute Gasteiger partial charge is 0.272 e. The highest BCUT2D eigenvalue weighted by atomic mass is 35.5. The predicted molar refractivity (Wildman–Crippen MR) is 146 cm³/mol. The summed E-state index contributed by atoms with van der Waals surface area (Å²) in [7, 11) is 1.61. The molecule has 0 aliphatic carbocycles. The van der Waals surface area contributed by atoms with Gasteiger partial charge in [0.2, 0.25) is 0 Å². The summed E-state index contributed by atoms with van der Waals surface area (Å²) in [5, 5.41) is 21.1. The number of nitrogens with zero attached hydrogens (tertiary/aromatic N) is 4. The van der Waals surface area contributed by atoms with Crippen LogP contribution < -0.4 is 15.8 Å². The number of carbonyl (C=O) groups excluding carboxylic acids is 1. The van der Waals surface area contributed by atoms with Crippen LogP contribution in [0.4, 0.5) is 11.6 Å². The van der Waals surface area contributed by atoms with Crippen molar-refractivity contribution in [3.63, 3.8) is 0 Å². The van der Waals surface area contributed by atoms with E-state index in [0.717, 1.165) is 22.3 Å². The average Bonchev–Trinajstić information content (AvgIpc) is 2.86. The van der Waals surface area contributed by atoms with Gasteiger partial charge < -0.3 is 31.2 Å². The normalized spacial score (nSPS) is 11.6. The minimum absolute atomic E-state index is 0.144. The van der Waals surface area contributed by atoms with Crippen molar-refractivity contribution < 1.29 is 14.6 Å². The van der Waals surface area contributed by atoms with Crippen molar-refractivity contribution >= 4 is 34.9 Å². The molecule has 1 aromatic carbocycles. The predicted octanol–water partition coefficient (Wildman–Crippen LogP) is 4.11. The zero-order valence-corrected chi connectivity index (χ0v) is 22.3. The summed E-state index contributed by atoms with van der Waals surface area (Å²) in [5.74, 6) is 0.939. The summed E-state index contributed by atoms with van der Waals surface area (Å²) >= 11 is 6.71. The van der Waals surface area contributed by atoms with Crippen molar-refractivity contribution in [2.45, 2.75) is 33.7 Å². The number of ether oxygens (including phenoxy) is 1. The number of carbonyl (C=O) groups is 1. The van der Waals surface area contributed by atoms with Crippen molar-refractivity contribution in [2.24, 2.45) is 0 Å². The summed E-state index contributed by atoms with van der Waals surface area (Å²) in [6.07, 6.45) is 2.91. The number of rotatable bonds is 10. The fourth-order valence-electron chi connectivity index (χ4n) is 4.02. The van der Waals surface area contributed by atoms with Gasteiger partial charge in [0.1, 0.15) is 29.4 Å². The molecule has 2 heterocycles. The Bertz CT molecular complexity index is 1320. The molecule has 2 aromatic heterocycles. The van der Waals surface area contributed by atoms with Crippen molar-refractivity contribution in [2.75, 3.05) is 37.9 Å². The van der Waals surface area contributed by atoms with E-state index in [-0.39, 0.29) is 42.3 Å². The molecule has 0 bridgehead atoms. The summed E-state index contributed by atoms with van der Waals surface area (Å²) in [5.41, 5.74) is 9.92. The number of nitrogens with two attached hydrogens (primary N) is 1. The molecule has 37 heavy (non-hydrogen) atoms. The number of anilines is 2. The second kappa shape index (κ2) is 12.0. The number of hydrogen-bond acceptors (Lipinski definition) is 9. The number of hydrogen-bond donors (Lipinski definition) is 4. The molecule has 0 saturated carbocycles. The lowest BCUT2D eigenvalue weighted by Crippen LogP contribution is -2.30. The number of likely N-dealkylation sites (N-methyl/N-ethyl adjacent to an activating group) is 1. The zero-order chi connectivity index (χ0) is 27.3. The minimum Gasteiger partial charge on any atom is -0.493 e. The Morgan fingerprint density at radius 3 is 2.70 bits per heavy atom. The lowest BCUT2D eigenvalue weighted by atomic mass is 9.93. The molecule has 5 N–H and O–H groups in total. The van der Waals surface area contributed by atoms with Crippen LogP contribution in [0.25, 0.3) is 11.1 Å². The van der Waals surface area contributed by atoms with Crippen LogP contribution in [0.2, 0.25) is 5.02 Å². The van der Waals surface area contributed by atoms with Gasteiger partial charge in [-0.15, -0.1) is 0 Å². The Balaban J connectivity index is 2.14. The molecule has 0 aliphatic heterocycles. The fraction of sp³-hybridized carbons (Fsp3) is 0.346. The first-order chi connectivity index (χ1) is 17.6. The molecule has 0 radical (unpaired) electrons. The molecule has 10 nitrogen and oxygen atoms in total. The van der Waals surface area contributed by atoms with Crippen LogP contribution >= 0.6 is 11.6 Å². The van der Waals surface area contributed by atoms with Crippen molar-refractivity contribution in [3.8, 4) is 16.9 Å². The number of nitrogens with one attached hydrogen (secondary N) is 2. The molecular weight excluding hydrogens is 494 g/mol. The van der Waals surface area contributed by atoms with E-state index in [1.165, 1.54) is 11.2 Å². The van der Waals surface area contributed by atoms with E-state index < -0.39 is 0 Å². The van der Waals surface area contributed by atoms with Crippen molar-refractivity contribution in [3.05, 3.63) is 58.1 Å². The SMILES string of the molecule is CCOc1c(C(C)Nc2ncnc(N)c2C(C)=N)cc(Cl)c(C)c1-c1ccnc(C(=O)N(C)CCO)c1. The maximum Gasteiger partial charge on any atom is 0.272 e. The molecule has 1 amide bonds. The lowest BCUT2D eigenvalue weighted by Gasteiger charge is -2.24. The third-order valence-corrected chi connectivity index (χ3v) is 6.31. The van der Waals surface area contributed by atoms with Gasteiger partial charge in [0.05, 0.1) is 24.8 Å². The monoisotopic (exact) mass is 525 g/mol. The number of aliphatic hydroxyl groups excluding tert-OH is 1. The second-order valence-corrected chi connectivity index (χ2v) is 8.97. The molecular formula is C26H32ClN7O3. The van der Waals surface area contributed by atoms with E-state index >= 15 is 0 Å². The molecule has 0 saturated heterocycles. The maximum absolute atomic E-state index is 12.8. The van der Waals surface area contributed by atoms with Gasteiger partial charge in [0.25, 0.3) is 5.91 Å². The number of benzene rings is 1. The summed E-state index contributed by atoms with van der Waals surface area (Å²) < 4.78 is 6.16. The first kappa shape index (κ1) is 27.8. The van der Waals surface area contributed by atoms with Gasteiger partial charge in [0.15, 0.2) is 0 Å². The highest BCUT2D eigenvalue weighted by Gasteiger charge is 2.24. The Labute approximate surface area is 221 Å². The van der Waals surface area contributed by atoms with E-state index in [1.54, 1.807) is 32.3 Å². The van der Waals surface area contributed by atoms with Crippen LogP contribution in [0.3, 0.4) is 0 Å². The Hall–Kier alpha value is -3.76. The standard InChI is InChI=1S/C26H32ClN7O3/c1-6-37-23-18(16(4)33-25-22(15(3)28)24(29)31-13-32-25)12-19(27)14(2)21(23)17-7-8-30-20(11-17)26(36)34(5)9-10-35/h7-8,11-13,16,28,35H,6,9-10H2,1-5H3,(H3,29,31,32,33). The number of aromatic nitrogens is 3. The van der Waals surface area contributed by atoms with Gasteiger partial charge in [-0.1, -0.05) is 11.6 Å². The molecule has 0 aliphatic rings. The summed E-state index contributed by atoms with van der Waals surface area (Å²) in [6.45, 7) is 7.79. The van der Waals surface area contributed by atoms with E-state index in [0.29, 0.717) is 28.8 Å². The maximum atomic E-state index is 12.8. The number of nitrogen functional groups attached to an aromatic ring is 1. The molecule has 1 unspecified atom stereocenters.